The fourth-order valence-electron chi connectivity index (χ4n) is 10.9. The van der Waals surface area contributed by atoms with Crippen molar-refractivity contribution in [1.82, 2.24) is 5.32 Å². The van der Waals surface area contributed by atoms with Crippen LogP contribution in [0.4, 0.5) is 0 Å². The second-order valence-electron chi connectivity index (χ2n) is 24.2. The number of carbonyl (C=O) groups excluding carboxylic acids is 2. The summed E-state index contributed by atoms with van der Waals surface area (Å²) in [6.45, 7) is 4.93. The molecule has 79 heavy (non-hydrogen) atoms. The maximum Gasteiger partial charge on any atom is 0.305 e. The number of hydrogen-bond donors (Lipinski definition) is 3. The van der Waals surface area contributed by atoms with Crippen molar-refractivity contribution in [3.05, 3.63) is 48.6 Å². The van der Waals surface area contributed by atoms with Crippen LogP contribution in [-0.2, 0) is 14.3 Å². The van der Waals surface area contributed by atoms with Crippen LogP contribution in [0.3, 0.4) is 0 Å². The minimum atomic E-state index is -0.660. The molecule has 0 aromatic heterocycles. The van der Waals surface area contributed by atoms with Crippen molar-refractivity contribution < 1.29 is 24.5 Å². The predicted octanol–water partition coefficient (Wildman–Crippen LogP) is 22.9. The molecule has 0 fully saturated rings. The number of allylic oxidation sites excluding steroid dienone is 8. The van der Waals surface area contributed by atoms with Crippen LogP contribution < -0.4 is 5.32 Å². The zero-order valence-electron chi connectivity index (χ0n) is 53.1. The van der Waals surface area contributed by atoms with Gasteiger partial charge in [0.05, 0.1) is 25.4 Å². The van der Waals surface area contributed by atoms with Crippen LogP contribution in [0.1, 0.15) is 380 Å². The highest BCUT2D eigenvalue weighted by Gasteiger charge is 2.20. The normalized spacial score (nSPS) is 12.8. The van der Waals surface area contributed by atoms with Crippen molar-refractivity contribution in [2.45, 2.75) is 392 Å². The summed E-state index contributed by atoms with van der Waals surface area (Å²) in [5.74, 6) is -0.0284. The Balaban J connectivity index is 3.34. The summed E-state index contributed by atoms with van der Waals surface area (Å²) >= 11 is 0. The molecule has 6 nitrogen and oxygen atoms in total. The first kappa shape index (κ1) is 76.8. The van der Waals surface area contributed by atoms with Gasteiger partial charge in [-0.3, -0.25) is 9.59 Å². The Labute approximate surface area is 493 Å². The minimum absolute atomic E-state index is 0.00521. The van der Waals surface area contributed by atoms with E-state index in [4.69, 9.17) is 4.74 Å². The van der Waals surface area contributed by atoms with Crippen molar-refractivity contribution in [2.75, 3.05) is 13.2 Å². The minimum Gasteiger partial charge on any atom is -0.466 e. The highest BCUT2D eigenvalue weighted by molar-refractivity contribution is 5.76. The van der Waals surface area contributed by atoms with Gasteiger partial charge in [-0.15, -0.1) is 0 Å². The van der Waals surface area contributed by atoms with Crippen LogP contribution in [0.15, 0.2) is 48.6 Å². The van der Waals surface area contributed by atoms with Crippen molar-refractivity contribution >= 4 is 11.9 Å². The quantitative estimate of drug-likeness (QED) is 0.0320. The molecule has 6 heteroatoms. The summed E-state index contributed by atoms with van der Waals surface area (Å²) < 4.78 is 5.49. The number of hydrogen-bond acceptors (Lipinski definition) is 5. The molecule has 0 saturated heterocycles. The Kier molecular flexibility index (Phi) is 66.4. The summed E-state index contributed by atoms with van der Waals surface area (Å²) in [4.78, 5) is 24.5. The van der Waals surface area contributed by atoms with E-state index in [0.717, 1.165) is 57.8 Å². The van der Waals surface area contributed by atoms with Crippen LogP contribution in [0.25, 0.3) is 0 Å². The van der Waals surface area contributed by atoms with E-state index in [-0.39, 0.29) is 18.5 Å². The van der Waals surface area contributed by atoms with E-state index in [1.165, 1.54) is 289 Å². The molecule has 0 aliphatic rings. The third-order valence-corrected chi connectivity index (χ3v) is 16.4. The maximum absolute atomic E-state index is 12.4. The standard InChI is InChI=1S/C73H137NO5/c1-3-5-7-9-11-13-14-15-16-41-44-47-51-55-59-63-67-73(78)79-68-64-60-56-52-48-45-42-39-37-35-33-31-29-27-25-23-21-19-17-18-20-22-24-26-28-30-32-34-36-38-40-43-46-50-54-58-62-66-72(77)74-70(69-75)71(76)65-61-57-53-49-12-10-8-6-4-2/h13-14,16-17,19,23,25,41,70-71,75-76H,3-12,15,18,20-22,24,26-40,42-69H2,1-2H3,(H,74,77)/b14-13-,19-17-,25-23-,41-16-. The Hall–Kier alpha value is -2.18. The molecule has 0 aliphatic heterocycles. The number of amides is 1. The molecule has 1 amide bonds. The first-order valence-electron chi connectivity index (χ1n) is 35.4. The Morgan fingerprint density at radius 3 is 0.975 bits per heavy atom. The van der Waals surface area contributed by atoms with Crippen molar-refractivity contribution in [1.29, 1.82) is 0 Å². The zero-order chi connectivity index (χ0) is 57.1. The second kappa shape index (κ2) is 68.3. The van der Waals surface area contributed by atoms with Gasteiger partial charge in [-0.05, 0) is 89.9 Å². The van der Waals surface area contributed by atoms with Gasteiger partial charge < -0.3 is 20.3 Å². The summed E-state index contributed by atoms with van der Waals surface area (Å²) in [7, 11) is 0. The SMILES string of the molecule is CCCCCC/C=C\C/C=C\CCCCCCCC(=O)OCCCCCCCCCCCCCCC/C=C\C/C=C\CCCCCCCCCCCCCCCCCCCC(=O)NC(CO)C(O)CCCCCCCCCCC. The highest BCUT2D eigenvalue weighted by atomic mass is 16.5. The first-order chi connectivity index (χ1) is 39.0. The lowest BCUT2D eigenvalue weighted by atomic mass is 10.0. The summed E-state index contributed by atoms with van der Waals surface area (Å²) in [5, 5.41) is 23.1. The monoisotopic (exact) mass is 1110 g/mol. The van der Waals surface area contributed by atoms with E-state index < -0.39 is 12.1 Å². The van der Waals surface area contributed by atoms with Gasteiger partial charge in [0.2, 0.25) is 5.91 Å². The van der Waals surface area contributed by atoms with Crippen LogP contribution in [-0.4, -0.2) is 47.4 Å². The third-order valence-electron chi connectivity index (χ3n) is 16.4. The van der Waals surface area contributed by atoms with E-state index in [9.17, 15) is 19.8 Å². The third kappa shape index (κ3) is 64.8. The number of nitrogens with one attached hydrogen (secondary N) is 1. The van der Waals surface area contributed by atoms with Gasteiger partial charge >= 0.3 is 5.97 Å². The molecule has 0 radical (unpaired) electrons. The Morgan fingerprint density at radius 2 is 0.633 bits per heavy atom. The van der Waals surface area contributed by atoms with Gasteiger partial charge in [-0.1, -0.05) is 326 Å². The number of ether oxygens (including phenoxy) is 1. The molecule has 0 aromatic carbocycles. The van der Waals surface area contributed by atoms with Crippen LogP contribution >= 0.6 is 0 Å². The second-order valence-corrected chi connectivity index (χ2v) is 24.2. The first-order valence-corrected chi connectivity index (χ1v) is 35.4. The summed E-state index contributed by atoms with van der Waals surface area (Å²) in [6, 6.07) is -0.537. The lowest BCUT2D eigenvalue weighted by Crippen LogP contribution is -2.45. The van der Waals surface area contributed by atoms with Gasteiger partial charge in [0.1, 0.15) is 0 Å². The summed E-state index contributed by atoms with van der Waals surface area (Å²) in [6.07, 6.45) is 89.0. The maximum atomic E-state index is 12.4. The van der Waals surface area contributed by atoms with Crippen LogP contribution in [0, 0.1) is 0 Å². The molecule has 0 bridgehead atoms. The highest BCUT2D eigenvalue weighted by Crippen LogP contribution is 2.18. The number of carbonyl (C=O) groups is 2. The largest absolute Gasteiger partial charge is 0.466 e. The van der Waals surface area contributed by atoms with Gasteiger partial charge in [0, 0.05) is 12.8 Å². The molecule has 2 unspecified atom stereocenters. The lowest BCUT2D eigenvalue weighted by Gasteiger charge is -2.22. The molecule has 0 heterocycles. The van der Waals surface area contributed by atoms with E-state index >= 15 is 0 Å². The molecule has 0 rings (SSSR count). The topological polar surface area (TPSA) is 95.9 Å². The molecular formula is C73H137NO5. The fraction of sp³-hybridized carbons (Fsp3) is 0.863. The molecule has 3 N–H and O–H groups in total. The number of aliphatic hydroxyl groups excluding tert-OH is 2. The Morgan fingerprint density at radius 1 is 0.354 bits per heavy atom. The Bertz CT molecular complexity index is 1320. The molecule has 0 spiro atoms. The predicted molar refractivity (Wildman–Crippen MR) is 347 cm³/mol. The van der Waals surface area contributed by atoms with Gasteiger partial charge in [-0.2, -0.15) is 0 Å². The van der Waals surface area contributed by atoms with E-state index in [1.807, 2.05) is 0 Å². The number of unbranched alkanes of at least 4 members (excludes halogenated alkanes) is 47. The van der Waals surface area contributed by atoms with Gasteiger partial charge in [-0.25, -0.2) is 0 Å². The van der Waals surface area contributed by atoms with Crippen LogP contribution in [0.2, 0.25) is 0 Å². The number of rotatable bonds is 66. The van der Waals surface area contributed by atoms with Crippen molar-refractivity contribution in [3.63, 3.8) is 0 Å². The number of aliphatic hydroxyl groups is 2. The zero-order valence-corrected chi connectivity index (χ0v) is 53.1. The van der Waals surface area contributed by atoms with Crippen molar-refractivity contribution in [3.8, 4) is 0 Å². The van der Waals surface area contributed by atoms with Crippen LogP contribution in [0.5, 0.6) is 0 Å². The lowest BCUT2D eigenvalue weighted by molar-refractivity contribution is -0.143. The van der Waals surface area contributed by atoms with E-state index in [2.05, 4.69) is 67.8 Å². The van der Waals surface area contributed by atoms with Gasteiger partial charge in [0.25, 0.3) is 0 Å². The molecule has 464 valence electrons. The average molecular weight is 1110 g/mol. The van der Waals surface area contributed by atoms with Gasteiger partial charge in [0.15, 0.2) is 0 Å². The average Bonchev–Trinajstić information content (AvgIpc) is 3.45. The smallest absolute Gasteiger partial charge is 0.305 e. The van der Waals surface area contributed by atoms with E-state index in [1.54, 1.807) is 0 Å². The molecule has 0 aromatic rings. The van der Waals surface area contributed by atoms with E-state index in [0.29, 0.717) is 25.9 Å². The molecule has 2 atom stereocenters. The molecular weight excluding hydrogens is 971 g/mol. The summed E-state index contributed by atoms with van der Waals surface area (Å²) in [5.41, 5.74) is 0. The fourth-order valence-corrected chi connectivity index (χ4v) is 10.9. The van der Waals surface area contributed by atoms with Crippen molar-refractivity contribution in [2.24, 2.45) is 0 Å². The molecule has 0 saturated carbocycles. The number of esters is 1. The molecule has 0 aliphatic carbocycles.